The number of pyridine rings is 1. The average molecular weight is 337 g/mol. The van der Waals surface area contributed by atoms with Crippen LogP contribution in [-0.4, -0.2) is 52.9 Å². The maximum atomic E-state index is 12.1. The molecule has 0 saturated carbocycles. The van der Waals surface area contributed by atoms with Gasteiger partial charge in [-0.3, -0.25) is 0 Å². The summed E-state index contributed by atoms with van der Waals surface area (Å²) in [5.74, 6) is 1.36. The largest absolute Gasteiger partial charge is 0.369 e. The fourth-order valence-corrected chi connectivity index (χ4v) is 3.65. The summed E-state index contributed by atoms with van der Waals surface area (Å²) in [6, 6.07) is 5.52. The van der Waals surface area contributed by atoms with Crippen LogP contribution in [0.5, 0.6) is 0 Å². The Morgan fingerprint density at radius 3 is 2.61 bits per heavy atom. The molecule has 0 aliphatic rings. The van der Waals surface area contributed by atoms with Gasteiger partial charge in [0, 0.05) is 25.8 Å². The molecule has 2 aromatic rings. The van der Waals surface area contributed by atoms with Crippen LogP contribution in [0.1, 0.15) is 19.4 Å². The van der Waals surface area contributed by atoms with E-state index in [1.165, 1.54) is 4.31 Å². The van der Waals surface area contributed by atoms with Gasteiger partial charge in [0.2, 0.25) is 10.0 Å². The highest BCUT2D eigenvalue weighted by atomic mass is 32.2. The molecule has 8 heteroatoms. The van der Waals surface area contributed by atoms with Crippen LogP contribution in [0.15, 0.2) is 30.6 Å². The first kappa shape index (κ1) is 17.4. The average Bonchev–Trinajstić information content (AvgIpc) is 2.95. The lowest BCUT2D eigenvalue weighted by molar-refractivity contribution is 0.446. The van der Waals surface area contributed by atoms with Crippen LogP contribution in [0.2, 0.25) is 0 Å². The highest BCUT2D eigenvalue weighted by molar-refractivity contribution is 7.89. The first-order valence-corrected chi connectivity index (χ1v) is 9.27. The predicted octanol–water partition coefficient (Wildman–Crippen LogP) is 1.66. The van der Waals surface area contributed by atoms with Crippen LogP contribution in [-0.2, 0) is 10.0 Å². The lowest BCUT2D eigenvalue weighted by Crippen LogP contribution is -2.34. The van der Waals surface area contributed by atoms with Crippen molar-refractivity contribution in [2.75, 3.05) is 30.7 Å². The van der Waals surface area contributed by atoms with Gasteiger partial charge in [0.1, 0.15) is 5.82 Å². The Morgan fingerprint density at radius 1 is 1.26 bits per heavy atom. The Bertz CT molecular complexity index is 738. The van der Waals surface area contributed by atoms with Gasteiger partial charge in [-0.2, -0.15) is 5.10 Å². The van der Waals surface area contributed by atoms with Crippen molar-refractivity contribution in [1.82, 2.24) is 19.1 Å². The van der Waals surface area contributed by atoms with Crippen molar-refractivity contribution < 1.29 is 8.42 Å². The number of aryl methyl sites for hydroxylation is 1. The molecule has 126 valence electrons. The summed E-state index contributed by atoms with van der Waals surface area (Å²) in [6.45, 7) is 6.94. The van der Waals surface area contributed by atoms with Gasteiger partial charge < -0.3 is 5.32 Å². The van der Waals surface area contributed by atoms with E-state index in [1.54, 1.807) is 10.9 Å². The third kappa shape index (κ3) is 4.52. The molecule has 0 fully saturated rings. The summed E-state index contributed by atoms with van der Waals surface area (Å²) in [6.07, 6.45) is 3.65. The summed E-state index contributed by atoms with van der Waals surface area (Å²) >= 11 is 0. The van der Waals surface area contributed by atoms with Crippen molar-refractivity contribution in [3.05, 3.63) is 36.2 Å². The van der Waals surface area contributed by atoms with E-state index >= 15 is 0 Å². The molecule has 1 N–H and O–H groups in total. The maximum absolute atomic E-state index is 12.1. The maximum Gasteiger partial charge on any atom is 0.215 e. The number of hydrogen-bond acceptors (Lipinski definition) is 5. The number of nitrogens with zero attached hydrogens (tertiary/aromatic N) is 4. The first-order chi connectivity index (χ1) is 11.0. The normalized spacial score (nSPS) is 11.8. The Kier molecular flexibility index (Phi) is 5.73. The van der Waals surface area contributed by atoms with E-state index in [0.717, 1.165) is 5.56 Å². The third-order valence-electron chi connectivity index (χ3n) is 3.45. The van der Waals surface area contributed by atoms with Gasteiger partial charge >= 0.3 is 0 Å². The highest BCUT2D eigenvalue weighted by Crippen LogP contribution is 2.10. The Morgan fingerprint density at radius 2 is 2.00 bits per heavy atom. The smallest absolute Gasteiger partial charge is 0.215 e. The monoisotopic (exact) mass is 337 g/mol. The van der Waals surface area contributed by atoms with Crippen LogP contribution in [0.3, 0.4) is 0 Å². The van der Waals surface area contributed by atoms with Gasteiger partial charge in [-0.05, 0) is 24.6 Å². The molecule has 0 spiro atoms. The number of anilines is 1. The van der Waals surface area contributed by atoms with Crippen LogP contribution < -0.4 is 5.32 Å². The first-order valence-electron chi connectivity index (χ1n) is 7.66. The molecule has 0 aliphatic heterocycles. The van der Waals surface area contributed by atoms with Crippen molar-refractivity contribution in [2.45, 2.75) is 20.8 Å². The molecule has 0 aliphatic carbocycles. The molecule has 0 aromatic carbocycles. The van der Waals surface area contributed by atoms with E-state index in [4.69, 9.17) is 0 Å². The molecule has 0 atom stereocenters. The fourth-order valence-electron chi connectivity index (χ4n) is 2.24. The standard InChI is InChI=1S/C15H23N5O2S/c1-4-19(5-2)23(21,22)10-9-16-14-7-6-8-15(18-14)20-12-13(3)11-17-20/h6-8,11-12H,4-5,9-10H2,1-3H3,(H,16,18). The number of nitrogens with one attached hydrogen (secondary N) is 1. The molecule has 2 aromatic heterocycles. The van der Waals surface area contributed by atoms with Crippen molar-refractivity contribution in [3.8, 4) is 5.82 Å². The van der Waals surface area contributed by atoms with Crippen molar-refractivity contribution in [3.63, 3.8) is 0 Å². The Labute approximate surface area is 137 Å². The van der Waals surface area contributed by atoms with Crippen molar-refractivity contribution in [1.29, 1.82) is 0 Å². The molecule has 2 heterocycles. The molecule has 23 heavy (non-hydrogen) atoms. The van der Waals surface area contributed by atoms with E-state index < -0.39 is 10.0 Å². The van der Waals surface area contributed by atoms with Crippen molar-refractivity contribution >= 4 is 15.8 Å². The Balaban J connectivity index is 1.99. The topological polar surface area (TPSA) is 80.1 Å². The second-order valence-corrected chi connectivity index (χ2v) is 7.26. The molecule has 0 radical (unpaired) electrons. The van der Waals surface area contributed by atoms with Crippen LogP contribution in [0.25, 0.3) is 5.82 Å². The zero-order valence-electron chi connectivity index (χ0n) is 13.7. The summed E-state index contributed by atoms with van der Waals surface area (Å²) in [5.41, 5.74) is 1.05. The van der Waals surface area contributed by atoms with E-state index in [1.807, 2.05) is 45.2 Å². The molecule has 0 saturated heterocycles. The Hall–Kier alpha value is -1.93. The molecule has 0 bridgehead atoms. The van der Waals surface area contributed by atoms with Crippen LogP contribution >= 0.6 is 0 Å². The predicted molar refractivity (Wildman–Crippen MR) is 91.3 cm³/mol. The van der Waals surface area contributed by atoms with Crippen LogP contribution in [0.4, 0.5) is 5.82 Å². The zero-order valence-corrected chi connectivity index (χ0v) is 14.5. The summed E-state index contributed by atoms with van der Waals surface area (Å²) in [4.78, 5) is 4.44. The van der Waals surface area contributed by atoms with E-state index in [0.29, 0.717) is 31.3 Å². The number of hydrogen-bond donors (Lipinski definition) is 1. The zero-order chi connectivity index (χ0) is 16.9. The number of sulfonamides is 1. The summed E-state index contributed by atoms with van der Waals surface area (Å²) in [7, 11) is -3.23. The van der Waals surface area contributed by atoms with Gasteiger partial charge in [0.05, 0.1) is 11.9 Å². The lowest BCUT2D eigenvalue weighted by atomic mass is 10.4. The molecule has 0 amide bonds. The molecule has 0 unspecified atom stereocenters. The minimum atomic E-state index is -3.23. The van der Waals surface area contributed by atoms with Gasteiger partial charge in [0.15, 0.2) is 5.82 Å². The molecular weight excluding hydrogens is 314 g/mol. The molecule has 7 nitrogen and oxygen atoms in total. The van der Waals surface area contributed by atoms with E-state index in [9.17, 15) is 8.42 Å². The van der Waals surface area contributed by atoms with Gasteiger partial charge in [-0.25, -0.2) is 22.4 Å². The summed E-state index contributed by atoms with van der Waals surface area (Å²) in [5, 5.41) is 7.28. The van der Waals surface area contributed by atoms with Gasteiger partial charge in [-0.1, -0.05) is 19.9 Å². The second-order valence-electron chi connectivity index (χ2n) is 5.17. The van der Waals surface area contributed by atoms with Crippen LogP contribution in [0, 0.1) is 6.92 Å². The lowest BCUT2D eigenvalue weighted by Gasteiger charge is -2.18. The van der Waals surface area contributed by atoms with E-state index in [2.05, 4.69) is 15.4 Å². The fraction of sp³-hybridized carbons (Fsp3) is 0.467. The number of rotatable bonds is 8. The second kappa shape index (κ2) is 7.56. The minimum absolute atomic E-state index is 0.0431. The van der Waals surface area contributed by atoms with Gasteiger partial charge in [0.25, 0.3) is 0 Å². The summed E-state index contributed by atoms with van der Waals surface area (Å²) < 4.78 is 27.4. The third-order valence-corrected chi connectivity index (χ3v) is 5.47. The minimum Gasteiger partial charge on any atom is -0.369 e. The quantitative estimate of drug-likeness (QED) is 0.792. The van der Waals surface area contributed by atoms with Gasteiger partial charge in [-0.15, -0.1) is 0 Å². The van der Waals surface area contributed by atoms with E-state index in [-0.39, 0.29) is 5.75 Å². The molecule has 2 rings (SSSR count). The highest BCUT2D eigenvalue weighted by Gasteiger charge is 2.17. The SMILES string of the molecule is CCN(CC)S(=O)(=O)CCNc1cccc(-n2cc(C)cn2)n1. The molecular formula is C15H23N5O2S. The number of aromatic nitrogens is 3. The van der Waals surface area contributed by atoms with Crippen molar-refractivity contribution in [2.24, 2.45) is 0 Å².